The Morgan fingerprint density at radius 3 is 2.31 bits per heavy atom. The molecule has 0 unspecified atom stereocenters. The topological polar surface area (TPSA) is 66.5 Å². The zero-order chi connectivity index (χ0) is 18.7. The molecular formula is C21H22N2O3. The van der Waals surface area contributed by atoms with Crippen LogP contribution < -0.4 is 5.32 Å². The van der Waals surface area contributed by atoms with Gasteiger partial charge in [0.1, 0.15) is 5.54 Å². The zero-order valence-corrected chi connectivity index (χ0v) is 15.0. The molecule has 3 amide bonds. The van der Waals surface area contributed by atoms with Crippen LogP contribution in [0.4, 0.5) is 4.79 Å². The van der Waals surface area contributed by atoms with Crippen LogP contribution in [0, 0.1) is 0 Å². The first-order chi connectivity index (χ1) is 12.5. The van der Waals surface area contributed by atoms with Crippen LogP contribution in [0.25, 0.3) is 0 Å². The van der Waals surface area contributed by atoms with Crippen LogP contribution in [0.2, 0.25) is 0 Å². The van der Waals surface area contributed by atoms with Crippen LogP contribution in [-0.4, -0.2) is 29.2 Å². The monoisotopic (exact) mass is 350 g/mol. The van der Waals surface area contributed by atoms with Crippen LogP contribution in [0.5, 0.6) is 0 Å². The maximum atomic E-state index is 12.9. The summed E-state index contributed by atoms with van der Waals surface area (Å²) >= 11 is 0. The molecule has 134 valence electrons. The van der Waals surface area contributed by atoms with Gasteiger partial charge in [-0.2, -0.15) is 0 Å². The first-order valence-corrected chi connectivity index (χ1v) is 8.77. The summed E-state index contributed by atoms with van der Waals surface area (Å²) in [4.78, 5) is 38.6. The van der Waals surface area contributed by atoms with E-state index in [9.17, 15) is 14.4 Å². The average molecular weight is 350 g/mol. The second kappa shape index (κ2) is 7.12. The molecule has 0 aromatic heterocycles. The van der Waals surface area contributed by atoms with Crippen molar-refractivity contribution >= 4 is 17.7 Å². The molecular weight excluding hydrogens is 328 g/mol. The second-order valence-electron chi connectivity index (χ2n) is 6.68. The van der Waals surface area contributed by atoms with Crippen LogP contribution >= 0.6 is 0 Å². The summed E-state index contributed by atoms with van der Waals surface area (Å²) in [5.74, 6) is -0.674. The third-order valence-corrected chi connectivity index (χ3v) is 4.74. The number of hydrogen-bond acceptors (Lipinski definition) is 3. The van der Waals surface area contributed by atoms with Gasteiger partial charge < -0.3 is 5.32 Å². The minimum atomic E-state index is -1.15. The number of carbonyl (C=O) groups is 3. The van der Waals surface area contributed by atoms with Gasteiger partial charge in [0.05, 0.1) is 6.54 Å². The van der Waals surface area contributed by atoms with E-state index in [4.69, 9.17) is 0 Å². The zero-order valence-electron chi connectivity index (χ0n) is 15.0. The van der Waals surface area contributed by atoms with Gasteiger partial charge in [-0.25, -0.2) is 4.79 Å². The summed E-state index contributed by atoms with van der Waals surface area (Å²) in [5, 5.41) is 2.74. The molecule has 5 nitrogen and oxygen atoms in total. The second-order valence-corrected chi connectivity index (χ2v) is 6.68. The van der Waals surface area contributed by atoms with Gasteiger partial charge in [0.2, 0.25) is 0 Å². The Bertz CT molecular complexity index is 830. The molecule has 0 aliphatic carbocycles. The van der Waals surface area contributed by atoms with Crippen LogP contribution in [0.3, 0.4) is 0 Å². The lowest BCUT2D eigenvalue weighted by atomic mass is 9.91. The Morgan fingerprint density at radius 2 is 1.69 bits per heavy atom. The number of nitrogens with zero attached hydrogens (tertiary/aromatic N) is 1. The SMILES string of the molecule is CCCc1ccc([C@]2(C)NC(=O)N(CC(=O)c3ccccc3)C2=O)cc1. The maximum Gasteiger partial charge on any atom is 0.325 e. The number of ketones is 1. The first-order valence-electron chi connectivity index (χ1n) is 8.77. The van der Waals surface area contributed by atoms with Crippen LogP contribution in [0.15, 0.2) is 54.6 Å². The summed E-state index contributed by atoms with van der Waals surface area (Å²) in [5.41, 5.74) is 1.22. The van der Waals surface area contributed by atoms with Crippen molar-refractivity contribution < 1.29 is 14.4 Å². The van der Waals surface area contributed by atoms with E-state index in [1.807, 2.05) is 30.3 Å². The summed E-state index contributed by atoms with van der Waals surface area (Å²) in [7, 11) is 0. The number of benzene rings is 2. The molecule has 1 aliphatic rings. The molecule has 2 aromatic rings. The Morgan fingerprint density at radius 1 is 1.04 bits per heavy atom. The van der Waals surface area contributed by atoms with Crippen LogP contribution in [0.1, 0.15) is 41.8 Å². The molecule has 5 heteroatoms. The lowest BCUT2D eigenvalue weighted by Gasteiger charge is -2.22. The number of carbonyl (C=O) groups excluding carboxylic acids is 3. The Kier molecular flexibility index (Phi) is 4.89. The van der Waals surface area contributed by atoms with E-state index in [-0.39, 0.29) is 12.3 Å². The highest BCUT2D eigenvalue weighted by Gasteiger charge is 2.49. The van der Waals surface area contributed by atoms with Gasteiger partial charge in [0.25, 0.3) is 5.91 Å². The van der Waals surface area contributed by atoms with E-state index in [1.54, 1.807) is 31.2 Å². The molecule has 1 aliphatic heterocycles. The van der Waals surface area contributed by atoms with E-state index >= 15 is 0 Å². The van der Waals surface area contributed by atoms with Crippen molar-refractivity contribution in [3.63, 3.8) is 0 Å². The number of rotatable bonds is 6. The van der Waals surface area contributed by atoms with Crippen molar-refractivity contribution in [3.05, 3.63) is 71.3 Å². The number of nitrogens with one attached hydrogen (secondary N) is 1. The van der Waals surface area contributed by atoms with Gasteiger partial charge in [0.15, 0.2) is 5.78 Å². The standard InChI is InChI=1S/C21H22N2O3/c1-3-7-15-10-12-17(13-11-15)21(2)19(25)23(20(26)22-21)14-18(24)16-8-5-4-6-9-16/h4-6,8-13H,3,7,14H2,1-2H3,(H,22,26)/t21-/m0/s1. The maximum absolute atomic E-state index is 12.9. The number of imide groups is 1. The van der Waals surface area contributed by atoms with Gasteiger partial charge in [0, 0.05) is 5.56 Å². The third kappa shape index (κ3) is 3.25. The lowest BCUT2D eigenvalue weighted by Crippen LogP contribution is -2.41. The van der Waals surface area contributed by atoms with E-state index < -0.39 is 17.5 Å². The highest BCUT2D eigenvalue weighted by Crippen LogP contribution is 2.29. The van der Waals surface area contributed by atoms with Crippen LogP contribution in [-0.2, 0) is 16.8 Å². The van der Waals surface area contributed by atoms with Crippen molar-refractivity contribution in [1.82, 2.24) is 10.2 Å². The number of aryl methyl sites for hydroxylation is 1. The van der Waals surface area contributed by atoms with E-state index in [0.29, 0.717) is 11.1 Å². The quantitative estimate of drug-likeness (QED) is 0.642. The van der Waals surface area contributed by atoms with Gasteiger partial charge in [-0.15, -0.1) is 0 Å². The summed E-state index contributed by atoms with van der Waals surface area (Å²) < 4.78 is 0. The molecule has 1 fully saturated rings. The smallest absolute Gasteiger partial charge is 0.319 e. The van der Waals surface area contributed by atoms with Gasteiger partial charge in [-0.05, 0) is 24.5 Å². The van der Waals surface area contributed by atoms with E-state index in [1.165, 1.54) is 5.56 Å². The molecule has 0 bridgehead atoms. The molecule has 1 N–H and O–H groups in total. The molecule has 26 heavy (non-hydrogen) atoms. The fraction of sp³-hybridized carbons (Fsp3) is 0.286. The van der Waals surface area contributed by atoms with Crippen molar-refractivity contribution in [2.45, 2.75) is 32.2 Å². The van der Waals surface area contributed by atoms with Gasteiger partial charge in [-0.1, -0.05) is 67.9 Å². The van der Waals surface area contributed by atoms with Crippen molar-refractivity contribution in [2.75, 3.05) is 6.54 Å². The molecule has 1 heterocycles. The van der Waals surface area contributed by atoms with Gasteiger partial charge >= 0.3 is 6.03 Å². The lowest BCUT2D eigenvalue weighted by molar-refractivity contribution is -0.130. The summed E-state index contributed by atoms with van der Waals surface area (Å²) in [6.45, 7) is 3.52. The number of hydrogen-bond donors (Lipinski definition) is 1. The fourth-order valence-corrected chi connectivity index (χ4v) is 3.19. The Hall–Kier alpha value is -2.95. The number of Topliss-reactive ketones (excluding diaryl/α,β-unsaturated/α-hetero) is 1. The minimum absolute atomic E-state index is 0.266. The predicted molar refractivity (Wildman–Crippen MR) is 98.8 cm³/mol. The largest absolute Gasteiger partial charge is 0.325 e. The molecule has 3 rings (SSSR count). The average Bonchev–Trinajstić information content (AvgIpc) is 2.87. The minimum Gasteiger partial charge on any atom is -0.319 e. The highest BCUT2D eigenvalue weighted by molar-refractivity contribution is 6.11. The Balaban J connectivity index is 1.80. The molecule has 2 aromatic carbocycles. The fourth-order valence-electron chi connectivity index (χ4n) is 3.19. The first kappa shape index (κ1) is 17.9. The molecule has 0 saturated carbocycles. The van der Waals surface area contributed by atoms with Gasteiger partial charge in [-0.3, -0.25) is 14.5 Å². The molecule has 1 saturated heterocycles. The summed E-state index contributed by atoms with van der Waals surface area (Å²) in [6.07, 6.45) is 2.01. The summed E-state index contributed by atoms with van der Waals surface area (Å²) in [6, 6.07) is 15.8. The Labute approximate surface area is 153 Å². The highest BCUT2D eigenvalue weighted by atomic mass is 16.2. The van der Waals surface area contributed by atoms with Crippen molar-refractivity contribution in [1.29, 1.82) is 0 Å². The van der Waals surface area contributed by atoms with E-state index in [2.05, 4.69) is 12.2 Å². The van der Waals surface area contributed by atoms with E-state index in [0.717, 1.165) is 17.7 Å². The third-order valence-electron chi connectivity index (χ3n) is 4.74. The van der Waals surface area contributed by atoms with Crippen molar-refractivity contribution in [3.8, 4) is 0 Å². The molecule has 0 spiro atoms. The van der Waals surface area contributed by atoms with Crippen molar-refractivity contribution in [2.24, 2.45) is 0 Å². The molecule has 1 atom stereocenters. The normalized spacial score (nSPS) is 19.5. The molecule has 0 radical (unpaired) electrons. The predicted octanol–water partition coefficient (Wildman–Crippen LogP) is 3.29. The number of urea groups is 1. The number of amides is 3.